The molecule has 2 heterocycles. The summed E-state index contributed by atoms with van der Waals surface area (Å²) in [6.07, 6.45) is 1.13. The van der Waals surface area contributed by atoms with Crippen LogP contribution in [0.25, 0.3) is 0 Å². The zero-order valence-corrected chi connectivity index (χ0v) is 18.5. The van der Waals surface area contributed by atoms with Crippen molar-refractivity contribution in [2.75, 3.05) is 24.1 Å². The van der Waals surface area contributed by atoms with Gasteiger partial charge in [-0.2, -0.15) is 5.26 Å². The van der Waals surface area contributed by atoms with Gasteiger partial charge in [0.15, 0.2) is 11.5 Å². The maximum Gasteiger partial charge on any atom is 0.229 e. The number of amides is 1. The fraction of sp³-hybridized carbons (Fsp3) is 0.333. The van der Waals surface area contributed by atoms with E-state index in [2.05, 4.69) is 30.0 Å². The average Bonchev–Trinajstić information content (AvgIpc) is 2.80. The predicted molar refractivity (Wildman–Crippen MR) is 122 cm³/mol. The lowest BCUT2D eigenvalue weighted by molar-refractivity contribution is -0.129. The number of carbonyl (C=O) groups is 1. The molecule has 0 bridgehead atoms. The van der Waals surface area contributed by atoms with E-state index in [1.54, 1.807) is 23.1 Å². The number of allylic oxidation sites excluding steroid dienone is 1. The Morgan fingerprint density at radius 1 is 1.26 bits per heavy atom. The van der Waals surface area contributed by atoms with Gasteiger partial charge in [-0.25, -0.2) is 0 Å². The number of aromatic hydroxyl groups is 1. The molecule has 0 aromatic heterocycles. The standard InChI is InChI=1S/C24H25N3O3S/c1-3-16-7-5-6-8-20(16)26-14-27-23(29)12-18(19(13-25)24(27)31-15-26)17-9-10-21(28)22(11-17)30-4-2/h5-11,18,28H,3-4,12,14-15H2,1-2H3. The third kappa shape index (κ3) is 3.96. The molecule has 4 rings (SSSR count). The van der Waals surface area contributed by atoms with Gasteiger partial charge in [-0.1, -0.05) is 43.0 Å². The molecule has 1 atom stereocenters. The van der Waals surface area contributed by atoms with Crippen molar-refractivity contribution in [1.82, 2.24) is 4.90 Å². The predicted octanol–water partition coefficient (Wildman–Crippen LogP) is 4.57. The van der Waals surface area contributed by atoms with Crippen LogP contribution in [0, 0.1) is 11.3 Å². The molecule has 2 aliphatic heterocycles. The smallest absolute Gasteiger partial charge is 0.229 e. The molecule has 7 heteroatoms. The molecule has 6 nitrogen and oxygen atoms in total. The van der Waals surface area contributed by atoms with Crippen LogP contribution in [0.4, 0.5) is 5.69 Å². The van der Waals surface area contributed by atoms with Crippen molar-refractivity contribution in [2.45, 2.75) is 32.6 Å². The highest BCUT2D eigenvalue weighted by Gasteiger charge is 2.38. The second kappa shape index (κ2) is 8.94. The summed E-state index contributed by atoms with van der Waals surface area (Å²) in [6, 6.07) is 15.7. The van der Waals surface area contributed by atoms with Crippen molar-refractivity contribution in [3.8, 4) is 17.6 Å². The van der Waals surface area contributed by atoms with Crippen LogP contribution < -0.4 is 9.64 Å². The van der Waals surface area contributed by atoms with Crippen LogP contribution in [0.3, 0.4) is 0 Å². The molecule has 1 amide bonds. The molecule has 31 heavy (non-hydrogen) atoms. The minimum Gasteiger partial charge on any atom is -0.504 e. The second-order valence-corrected chi connectivity index (χ2v) is 8.44. The lowest BCUT2D eigenvalue weighted by Gasteiger charge is -2.42. The molecule has 0 radical (unpaired) electrons. The highest BCUT2D eigenvalue weighted by atomic mass is 32.2. The van der Waals surface area contributed by atoms with Crippen LogP contribution in [-0.2, 0) is 11.2 Å². The van der Waals surface area contributed by atoms with E-state index >= 15 is 0 Å². The van der Waals surface area contributed by atoms with Crippen molar-refractivity contribution in [1.29, 1.82) is 5.26 Å². The summed E-state index contributed by atoms with van der Waals surface area (Å²) in [5.74, 6) is 0.753. The number of hydrogen-bond acceptors (Lipinski definition) is 6. The summed E-state index contributed by atoms with van der Waals surface area (Å²) in [5, 5.41) is 20.7. The lowest BCUT2D eigenvalue weighted by atomic mass is 9.86. The first-order chi connectivity index (χ1) is 15.1. The third-order valence-corrected chi connectivity index (χ3v) is 6.85. The van der Waals surface area contributed by atoms with E-state index < -0.39 is 0 Å². The first kappa shape index (κ1) is 21.1. The van der Waals surface area contributed by atoms with E-state index in [1.165, 1.54) is 17.3 Å². The monoisotopic (exact) mass is 435 g/mol. The normalized spacial score (nSPS) is 18.6. The zero-order valence-electron chi connectivity index (χ0n) is 17.7. The molecule has 160 valence electrons. The van der Waals surface area contributed by atoms with Gasteiger partial charge < -0.3 is 14.7 Å². The minimum absolute atomic E-state index is 0.00351. The first-order valence-corrected chi connectivity index (χ1v) is 11.4. The number of nitriles is 1. The Morgan fingerprint density at radius 3 is 2.81 bits per heavy atom. The fourth-order valence-corrected chi connectivity index (χ4v) is 5.29. The van der Waals surface area contributed by atoms with E-state index in [-0.39, 0.29) is 24.0 Å². The number of phenols is 1. The summed E-state index contributed by atoms with van der Waals surface area (Å²) >= 11 is 1.53. The van der Waals surface area contributed by atoms with Crippen molar-refractivity contribution in [2.24, 2.45) is 0 Å². The van der Waals surface area contributed by atoms with Crippen LogP contribution in [0.2, 0.25) is 0 Å². The third-order valence-electron chi connectivity index (χ3n) is 5.69. The van der Waals surface area contributed by atoms with Gasteiger partial charge in [0.1, 0.15) is 0 Å². The number of carbonyl (C=O) groups excluding carboxylic acids is 1. The molecular weight excluding hydrogens is 410 g/mol. The fourth-order valence-electron chi connectivity index (χ4n) is 4.14. The van der Waals surface area contributed by atoms with Gasteiger partial charge in [0.05, 0.1) is 35.8 Å². The van der Waals surface area contributed by atoms with Crippen molar-refractivity contribution in [3.05, 3.63) is 64.2 Å². The van der Waals surface area contributed by atoms with Gasteiger partial charge >= 0.3 is 0 Å². The highest BCUT2D eigenvalue weighted by Crippen LogP contribution is 2.44. The van der Waals surface area contributed by atoms with E-state index in [0.29, 0.717) is 30.5 Å². The number of thioether (sulfide) groups is 1. The Kier molecular flexibility index (Phi) is 6.10. The molecule has 1 N–H and O–H groups in total. The lowest BCUT2D eigenvalue weighted by Crippen LogP contribution is -2.47. The SMILES string of the molecule is CCOc1cc(C2CC(=O)N3CN(c4ccccc4CC)CSC3=C2C#N)ccc1O. The van der Waals surface area contributed by atoms with Crippen molar-refractivity contribution < 1.29 is 14.6 Å². The number of rotatable bonds is 5. The quantitative estimate of drug-likeness (QED) is 0.741. The summed E-state index contributed by atoms with van der Waals surface area (Å²) < 4.78 is 5.50. The van der Waals surface area contributed by atoms with Gasteiger partial charge in [0.2, 0.25) is 5.91 Å². The molecule has 1 saturated heterocycles. The second-order valence-electron chi connectivity index (χ2n) is 7.51. The molecule has 2 aliphatic rings. The minimum atomic E-state index is -0.342. The Balaban J connectivity index is 1.67. The number of aryl methyl sites for hydroxylation is 1. The number of anilines is 1. The molecule has 2 aromatic carbocycles. The Labute approximate surface area is 186 Å². The number of phenolic OH excluding ortho intramolecular Hbond substituents is 1. The summed E-state index contributed by atoms with van der Waals surface area (Å²) in [4.78, 5) is 17.1. The topological polar surface area (TPSA) is 76.8 Å². The molecule has 1 fully saturated rings. The van der Waals surface area contributed by atoms with E-state index in [0.717, 1.165) is 22.7 Å². The number of fused-ring (bicyclic) bond motifs is 1. The zero-order chi connectivity index (χ0) is 22.0. The van der Waals surface area contributed by atoms with Gasteiger partial charge in [-0.3, -0.25) is 9.69 Å². The highest BCUT2D eigenvalue weighted by molar-refractivity contribution is 8.03. The molecular formula is C24H25N3O3S. The van der Waals surface area contributed by atoms with E-state index in [9.17, 15) is 15.2 Å². The maximum absolute atomic E-state index is 13.1. The number of nitrogens with zero attached hydrogens (tertiary/aromatic N) is 3. The van der Waals surface area contributed by atoms with Gasteiger partial charge in [0.25, 0.3) is 0 Å². The number of hydrogen-bond donors (Lipinski definition) is 1. The van der Waals surface area contributed by atoms with Crippen LogP contribution >= 0.6 is 11.8 Å². The van der Waals surface area contributed by atoms with E-state index in [4.69, 9.17) is 4.74 Å². The average molecular weight is 436 g/mol. The van der Waals surface area contributed by atoms with Crippen molar-refractivity contribution in [3.63, 3.8) is 0 Å². The molecule has 0 aliphatic carbocycles. The number of para-hydroxylation sites is 1. The summed E-state index contributed by atoms with van der Waals surface area (Å²) in [6.45, 7) is 4.83. The number of benzene rings is 2. The molecule has 2 aromatic rings. The van der Waals surface area contributed by atoms with Crippen LogP contribution in [0.5, 0.6) is 11.5 Å². The Bertz CT molecular complexity index is 1080. The van der Waals surface area contributed by atoms with Gasteiger partial charge in [0, 0.05) is 18.0 Å². The summed E-state index contributed by atoms with van der Waals surface area (Å²) in [7, 11) is 0. The van der Waals surface area contributed by atoms with E-state index in [1.807, 2.05) is 19.1 Å². The first-order valence-electron chi connectivity index (χ1n) is 10.4. The van der Waals surface area contributed by atoms with Crippen LogP contribution in [-0.4, -0.2) is 35.1 Å². The molecule has 1 unspecified atom stereocenters. The Hall–Kier alpha value is -3.11. The van der Waals surface area contributed by atoms with Gasteiger partial charge in [-0.05, 0) is 42.7 Å². The number of ether oxygens (including phenoxy) is 1. The maximum atomic E-state index is 13.1. The van der Waals surface area contributed by atoms with Crippen LogP contribution in [0.15, 0.2) is 53.1 Å². The Morgan fingerprint density at radius 2 is 2.06 bits per heavy atom. The molecule has 0 saturated carbocycles. The summed E-state index contributed by atoms with van der Waals surface area (Å²) in [5.41, 5.74) is 3.77. The largest absolute Gasteiger partial charge is 0.504 e. The van der Waals surface area contributed by atoms with Gasteiger partial charge in [-0.15, -0.1) is 0 Å². The van der Waals surface area contributed by atoms with Crippen molar-refractivity contribution >= 4 is 23.4 Å². The molecule has 0 spiro atoms. The van der Waals surface area contributed by atoms with Crippen LogP contribution in [0.1, 0.15) is 37.3 Å².